The first-order chi connectivity index (χ1) is 7.40. The van der Waals surface area contributed by atoms with Crippen LogP contribution in [-0.2, 0) is 19.1 Å². The maximum absolute atomic E-state index is 11.1. The highest BCUT2D eigenvalue weighted by molar-refractivity contribution is 5.84. The van der Waals surface area contributed by atoms with Crippen LogP contribution in [0.25, 0.3) is 0 Å². The Balaban J connectivity index is 4.14. The van der Waals surface area contributed by atoms with E-state index in [-0.39, 0.29) is 6.61 Å². The Hall–Kier alpha value is -1.02. The van der Waals surface area contributed by atoms with Crippen molar-refractivity contribution in [2.75, 3.05) is 20.3 Å². The molecule has 0 heterocycles. The van der Waals surface area contributed by atoms with Crippen LogP contribution in [0.2, 0.25) is 0 Å². The minimum Gasteiger partial charge on any atom is -0.463 e. The number of esters is 1. The fraction of sp³-hybridized carbons (Fsp3) is 0.778. The predicted octanol–water partition coefficient (Wildman–Crippen LogP) is -2.15. The van der Waals surface area contributed by atoms with Gasteiger partial charge in [-0.25, -0.2) is 0 Å². The zero-order valence-electron chi connectivity index (χ0n) is 9.12. The molecule has 0 fully saturated rings. The number of Topliss-reactive ketones (excluding diaryl/α,β-unsaturated/α-hetero) is 1. The lowest BCUT2D eigenvalue weighted by Gasteiger charge is -2.21. The molecular formula is C9H16O7. The smallest absolute Gasteiger partial charge is 0.302 e. The van der Waals surface area contributed by atoms with Gasteiger partial charge in [-0.15, -0.1) is 0 Å². The molecule has 0 unspecified atom stereocenters. The van der Waals surface area contributed by atoms with Crippen molar-refractivity contribution in [3.05, 3.63) is 0 Å². The lowest BCUT2D eigenvalue weighted by molar-refractivity contribution is -0.153. The summed E-state index contributed by atoms with van der Waals surface area (Å²) in [4.78, 5) is 21.5. The highest BCUT2D eigenvalue weighted by atomic mass is 16.5. The number of rotatable bonds is 7. The minimum absolute atomic E-state index is 0.376. The standard InChI is InChI=1S/C9H16O7/c1-5(10)16-4-7(12)9(14)8(13)6(11)3-15-2/h7-9,12-14H,3-4H2,1-2H3/t7-,8-,9-/m1/s1. The van der Waals surface area contributed by atoms with Crippen LogP contribution in [0.4, 0.5) is 0 Å². The van der Waals surface area contributed by atoms with Gasteiger partial charge in [0.05, 0.1) is 0 Å². The van der Waals surface area contributed by atoms with Crippen LogP contribution in [0, 0.1) is 0 Å². The van der Waals surface area contributed by atoms with Gasteiger partial charge in [0, 0.05) is 14.0 Å². The second-order valence-corrected chi connectivity index (χ2v) is 3.20. The second-order valence-electron chi connectivity index (χ2n) is 3.20. The third-order valence-electron chi connectivity index (χ3n) is 1.79. The van der Waals surface area contributed by atoms with Crippen molar-refractivity contribution in [1.29, 1.82) is 0 Å². The molecule has 94 valence electrons. The van der Waals surface area contributed by atoms with Crippen molar-refractivity contribution >= 4 is 11.8 Å². The number of carbonyl (C=O) groups excluding carboxylic acids is 2. The maximum atomic E-state index is 11.1. The first kappa shape index (κ1) is 15.0. The molecule has 0 spiro atoms. The summed E-state index contributed by atoms with van der Waals surface area (Å²) < 4.78 is 8.88. The molecule has 0 saturated carbocycles. The number of methoxy groups -OCH3 is 1. The van der Waals surface area contributed by atoms with Crippen LogP contribution >= 0.6 is 0 Å². The Labute approximate surface area is 92.6 Å². The van der Waals surface area contributed by atoms with Gasteiger partial charge < -0.3 is 24.8 Å². The summed E-state index contributed by atoms with van der Waals surface area (Å²) in [6.45, 7) is 0.262. The van der Waals surface area contributed by atoms with Crippen LogP contribution in [-0.4, -0.2) is 65.7 Å². The highest BCUT2D eigenvalue weighted by Crippen LogP contribution is 2.03. The fourth-order valence-electron chi connectivity index (χ4n) is 0.930. The molecule has 0 saturated heterocycles. The highest BCUT2D eigenvalue weighted by Gasteiger charge is 2.30. The topological polar surface area (TPSA) is 113 Å². The van der Waals surface area contributed by atoms with Crippen LogP contribution < -0.4 is 0 Å². The molecule has 0 radical (unpaired) electrons. The molecule has 7 heteroatoms. The number of aliphatic hydroxyl groups is 3. The molecule has 0 amide bonds. The van der Waals surface area contributed by atoms with Crippen LogP contribution in [0.5, 0.6) is 0 Å². The average molecular weight is 236 g/mol. The van der Waals surface area contributed by atoms with Gasteiger partial charge in [-0.2, -0.15) is 0 Å². The SMILES string of the molecule is COCC(=O)[C@@H](O)[C@H](O)[C@H](O)COC(C)=O. The van der Waals surface area contributed by atoms with E-state index in [9.17, 15) is 24.9 Å². The minimum atomic E-state index is -1.77. The number of carbonyl (C=O) groups is 2. The molecule has 3 atom stereocenters. The first-order valence-electron chi connectivity index (χ1n) is 4.59. The van der Waals surface area contributed by atoms with Crippen molar-refractivity contribution in [3.8, 4) is 0 Å². The number of ketones is 1. The van der Waals surface area contributed by atoms with E-state index in [1.54, 1.807) is 0 Å². The number of ether oxygens (including phenoxy) is 2. The molecule has 0 aromatic heterocycles. The van der Waals surface area contributed by atoms with E-state index in [2.05, 4.69) is 9.47 Å². The van der Waals surface area contributed by atoms with E-state index in [0.717, 1.165) is 6.92 Å². The summed E-state index contributed by atoms with van der Waals surface area (Å²) >= 11 is 0. The van der Waals surface area contributed by atoms with Crippen LogP contribution in [0.1, 0.15) is 6.92 Å². The Morgan fingerprint density at radius 1 is 1.25 bits per heavy atom. The van der Waals surface area contributed by atoms with Gasteiger partial charge in [-0.3, -0.25) is 9.59 Å². The Morgan fingerprint density at radius 2 is 1.81 bits per heavy atom. The fourth-order valence-corrected chi connectivity index (χ4v) is 0.930. The zero-order chi connectivity index (χ0) is 12.7. The third kappa shape index (κ3) is 5.17. The molecule has 0 rings (SSSR count). The molecule has 3 N–H and O–H groups in total. The Bertz CT molecular complexity index is 240. The molecule has 0 aromatic carbocycles. The van der Waals surface area contributed by atoms with E-state index < -0.39 is 36.7 Å². The average Bonchev–Trinajstić information content (AvgIpc) is 2.23. The number of aliphatic hydroxyl groups excluding tert-OH is 3. The van der Waals surface area contributed by atoms with Crippen molar-refractivity contribution in [2.24, 2.45) is 0 Å². The second kappa shape index (κ2) is 7.29. The van der Waals surface area contributed by atoms with Gasteiger partial charge in [-0.1, -0.05) is 0 Å². The van der Waals surface area contributed by atoms with Crippen molar-refractivity contribution in [2.45, 2.75) is 25.2 Å². The van der Waals surface area contributed by atoms with Gasteiger partial charge in [0.1, 0.15) is 31.5 Å². The molecule has 0 aliphatic rings. The molecule has 0 bridgehead atoms. The van der Waals surface area contributed by atoms with Crippen molar-refractivity contribution < 1.29 is 34.4 Å². The van der Waals surface area contributed by atoms with E-state index in [4.69, 9.17) is 0 Å². The molecule has 0 aromatic rings. The zero-order valence-corrected chi connectivity index (χ0v) is 9.12. The van der Waals surface area contributed by atoms with Crippen LogP contribution in [0.3, 0.4) is 0 Å². The number of hydrogen-bond acceptors (Lipinski definition) is 7. The first-order valence-corrected chi connectivity index (χ1v) is 4.59. The molecule has 0 aliphatic heterocycles. The lowest BCUT2D eigenvalue weighted by atomic mass is 10.1. The van der Waals surface area contributed by atoms with Gasteiger partial charge >= 0.3 is 5.97 Å². The van der Waals surface area contributed by atoms with Crippen molar-refractivity contribution in [3.63, 3.8) is 0 Å². The van der Waals surface area contributed by atoms with E-state index in [1.165, 1.54) is 7.11 Å². The molecule has 0 aliphatic carbocycles. The van der Waals surface area contributed by atoms with E-state index in [1.807, 2.05) is 0 Å². The summed E-state index contributed by atoms with van der Waals surface area (Å²) in [6, 6.07) is 0. The Morgan fingerprint density at radius 3 is 2.25 bits per heavy atom. The number of hydrogen-bond donors (Lipinski definition) is 3. The Kier molecular flexibility index (Phi) is 6.82. The molecule has 7 nitrogen and oxygen atoms in total. The summed E-state index contributed by atoms with van der Waals surface area (Å²) in [5, 5.41) is 27.9. The summed E-state index contributed by atoms with van der Waals surface area (Å²) in [7, 11) is 1.26. The monoisotopic (exact) mass is 236 g/mol. The van der Waals surface area contributed by atoms with E-state index in [0.29, 0.717) is 0 Å². The molecule has 16 heavy (non-hydrogen) atoms. The normalized spacial score (nSPS) is 16.3. The van der Waals surface area contributed by atoms with Crippen LogP contribution in [0.15, 0.2) is 0 Å². The van der Waals surface area contributed by atoms with E-state index >= 15 is 0 Å². The lowest BCUT2D eigenvalue weighted by Crippen LogP contribution is -2.45. The quantitative estimate of drug-likeness (QED) is 0.432. The largest absolute Gasteiger partial charge is 0.463 e. The summed E-state index contributed by atoms with van der Waals surface area (Å²) in [5.74, 6) is -1.40. The van der Waals surface area contributed by atoms with Gasteiger partial charge in [0.25, 0.3) is 0 Å². The summed E-state index contributed by atoms with van der Waals surface area (Å²) in [6.07, 6.45) is -5.02. The summed E-state index contributed by atoms with van der Waals surface area (Å²) in [5.41, 5.74) is 0. The van der Waals surface area contributed by atoms with Gasteiger partial charge in [0.2, 0.25) is 0 Å². The van der Waals surface area contributed by atoms with Gasteiger partial charge in [0.15, 0.2) is 5.78 Å². The maximum Gasteiger partial charge on any atom is 0.302 e. The predicted molar refractivity (Wildman–Crippen MR) is 51.5 cm³/mol. The van der Waals surface area contributed by atoms with Crippen molar-refractivity contribution in [1.82, 2.24) is 0 Å². The third-order valence-corrected chi connectivity index (χ3v) is 1.79. The molecular weight excluding hydrogens is 220 g/mol. The van der Waals surface area contributed by atoms with Gasteiger partial charge in [-0.05, 0) is 0 Å².